The van der Waals surface area contributed by atoms with E-state index in [1.807, 2.05) is 0 Å². The third-order valence-electron chi connectivity index (χ3n) is 3.68. The van der Waals surface area contributed by atoms with Gasteiger partial charge in [-0.25, -0.2) is 0 Å². The SMILES string of the molecule is COCc1nc(-c2ccc(OCC(=O)c3ccc(Cl)cc3)c(OC)c2)no1. The first-order valence-corrected chi connectivity index (χ1v) is 8.40. The fourth-order valence-corrected chi connectivity index (χ4v) is 2.47. The number of hydrogen-bond acceptors (Lipinski definition) is 7. The second-order valence-electron chi connectivity index (χ2n) is 5.53. The lowest BCUT2D eigenvalue weighted by molar-refractivity contribution is 0.0919. The number of benzene rings is 2. The van der Waals surface area contributed by atoms with Crippen LogP contribution in [0.25, 0.3) is 11.4 Å². The van der Waals surface area contributed by atoms with Crippen LogP contribution in [0.15, 0.2) is 47.0 Å². The first-order valence-electron chi connectivity index (χ1n) is 8.02. The molecule has 0 aliphatic heterocycles. The molecule has 0 saturated heterocycles. The minimum Gasteiger partial charge on any atom is -0.493 e. The Morgan fingerprint density at radius 2 is 1.89 bits per heavy atom. The average Bonchev–Trinajstić information content (AvgIpc) is 3.15. The molecular formula is C19H17ClN2O5. The Bertz CT molecular complexity index is 924. The molecule has 27 heavy (non-hydrogen) atoms. The van der Waals surface area contributed by atoms with Crippen molar-refractivity contribution in [3.05, 3.63) is 58.9 Å². The molecule has 0 N–H and O–H groups in total. The molecule has 2 aromatic carbocycles. The zero-order valence-electron chi connectivity index (χ0n) is 14.8. The largest absolute Gasteiger partial charge is 0.493 e. The Hall–Kier alpha value is -2.90. The van der Waals surface area contributed by atoms with Crippen molar-refractivity contribution in [3.63, 3.8) is 0 Å². The van der Waals surface area contributed by atoms with E-state index in [-0.39, 0.29) is 19.0 Å². The van der Waals surface area contributed by atoms with Gasteiger partial charge in [0.15, 0.2) is 23.9 Å². The fourth-order valence-electron chi connectivity index (χ4n) is 2.34. The first-order chi connectivity index (χ1) is 13.1. The molecule has 140 valence electrons. The summed E-state index contributed by atoms with van der Waals surface area (Å²) in [5.41, 5.74) is 1.21. The van der Waals surface area contributed by atoms with Crippen LogP contribution in [0.4, 0.5) is 0 Å². The molecule has 0 unspecified atom stereocenters. The lowest BCUT2D eigenvalue weighted by atomic mass is 10.1. The number of ether oxygens (including phenoxy) is 3. The summed E-state index contributed by atoms with van der Waals surface area (Å²) in [6.45, 7) is 0.107. The molecule has 1 aromatic heterocycles. The summed E-state index contributed by atoms with van der Waals surface area (Å²) >= 11 is 5.83. The minimum absolute atomic E-state index is 0.127. The monoisotopic (exact) mass is 388 g/mol. The number of rotatable bonds is 8. The second kappa shape index (κ2) is 8.66. The number of hydrogen-bond donors (Lipinski definition) is 0. The van der Waals surface area contributed by atoms with Crippen LogP contribution in [0.5, 0.6) is 11.5 Å². The van der Waals surface area contributed by atoms with Crippen molar-refractivity contribution in [2.45, 2.75) is 6.61 Å². The second-order valence-corrected chi connectivity index (χ2v) is 5.97. The molecule has 3 rings (SSSR count). The molecule has 0 saturated carbocycles. The van der Waals surface area contributed by atoms with Gasteiger partial charge in [0.2, 0.25) is 5.82 Å². The topological polar surface area (TPSA) is 83.7 Å². The summed E-state index contributed by atoms with van der Waals surface area (Å²) in [7, 11) is 3.06. The van der Waals surface area contributed by atoms with Crippen LogP contribution in [0.2, 0.25) is 5.02 Å². The number of aromatic nitrogens is 2. The lowest BCUT2D eigenvalue weighted by Gasteiger charge is -2.11. The van der Waals surface area contributed by atoms with Gasteiger partial charge in [0.25, 0.3) is 5.89 Å². The van der Waals surface area contributed by atoms with Crippen molar-refractivity contribution in [3.8, 4) is 22.9 Å². The van der Waals surface area contributed by atoms with Gasteiger partial charge in [-0.05, 0) is 42.5 Å². The summed E-state index contributed by atoms with van der Waals surface area (Å²) in [5, 5.41) is 4.47. The van der Waals surface area contributed by atoms with Gasteiger partial charge in [-0.2, -0.15) is 4.98 Å². The molecule has 1 heterocycles. The minimum atomic E-state index is -0.167. The molecule has 7 nitrogen and oxygen atoms in total. The van der Waals surface area contributed by atoms with E-state index in [4.69, 9.17) is 30.3 Å². The number of methoxy groups -OCH3 is 2. The summed E-state index contributed by atoms with van der Waals surface area (Å²) < 4.78 is 21.0. The Morgan fingerprint density at radius 3 is 2.59 bits per heavy atom. The highest BCUT2D eigenvalue weighted by Gasteiger charge is 2.14. The molecule has 0 fully saturated rings. The number of carbonyl (C=O) groups is 1. The fraction of sp³-hybridized carbons (Fsp3) is 0.211. The quantitative estimate of drug-likeness (QED) is 0.542. The normalized spacial score (nSPS) is 10.6. The maximum atomic E-state index is 12.2. The Labute approximate surface area is 160 Å². The van der Waals surface area contributed by atoms with E-state index in [0.29, 0.717) is 39.4 Å². The van der Waals surface area contributed by atoms with Crippen LogP contribution in [0.1, 0.15) is 16.2 Å². The highest BCUT2D eigenvalue weighted by molar-refractivity contribution is 6.30. The Balaban J connectivity index is 1.72. The van der Waals surface area contributed by atoms with Gasteiger partial charge in [-0.15, -0.1) is 0 Å². The van der Waals surface area contributed by atoms with Crippen molar-refractivity contribution >= 4 is 17.4 Å². The summed E-state index contributed by atoms with van der Waals surface area (Å²) in [4.78, 5) is 16.5. The highest BCUT2D eigenvalue weighted by Crippen LogP contribution is 2.31. The molecule has 0 bridgehead atoms. The number of Topliss-reactive ketones (excluding diaryl/α,β-unsaturated/α-hetero) is 1. The maximum Gasteiger partial charge on any atom is 0.252 e. The van der Waals surface area contributed by atoms with Gasteiger partial charge in [0, 0.05) is 23.3 Å². The average molecular weight is 389 g/mol. The van der Waals surface area contributed by atoms with Crippen LogP contribution < -0.4 is 9.47 Å². The van der Waals surface area contributed by atoms with Crippen molar-refractivity contribution in [1.82, 2.24) is 10.1 Å². The lowest BCUT2D eigenvalue weighted by Crippen LogP contribution is -2.12. The molecule has 8 heteroatoms. The van der Waals surface area contributed by atoms with Gasteiger partial charge < -0.3 is 18.7 Å². The van der Waals surface area contributed by atoms with E-state index in [2.05, 4.69) is 10.1 Å². The Kier molecular flexibility index (Phi) is 6.05. The molecule has 0 radical (unpaired) electrons. The van der Waals surface area contributed by atoms with Crippen LogP contribution >= 0.6 is 11.6 Å². The van der Waals surface area contributed by atoms with E-state index in [9.17, 15) is 4.79 Å². The molecule has 0 amide bonds. The van der Waals surface area contributed by atoms with Crippen LogP contribution in [0.3, 0.4) is 0 Å². The molecular weight excluding hydrogens is 372 g/mol. The van der Waals surface area contributed by atoms with Crippen molar-refractivity contribution < 1.29 is 23.5 Å². The van der Waals surface area contributed by atoms with E-state index in [0.717, 1.165) is 0 Å². The van der Waals surface area contributed by atoms with Crippen LogP contribution in [0, 0.1) is 0 Å². The van der Waals surface area contributed by atoms with Crippen molar-refractivity contribution in [2.75, 3.05) is 20.8 Å². The first kappa shape index (κ1) is 18.9. The van der Waals surface area contributed by atoms with Crippen molar-refractivity contribution in [2.24, 2.45) is 0 Å². The molecule has 0 aliphatic rings. The Morgan fingerprint density at radius 1 is 1.11 bits per heavy atom. The van der Waals surface area contributed by atoms with E-state index in [1.165, 1.54) is 7.11 Å². The van der Waals surface area contributed by atoms with Crippen LogP contribution in [-0.2, 0) is 11.3 Å². The maximum absolute atomic E-state index is 12.2. The number of carbonyl (C=O) groups excluding carboxylic acids is 1. The zero-order valence-corrected chi connectivity index (χ0v) is 15.5. The van der Waals surface area contributed by atoms with E-state index < -0.39 is 0 Å². The molecule has 0 atom stereocenters. The zero-order chi connectivity index (χ0) is 19.2. The summed E-state index contributed by atoms with van der Waals surface area (Å²) in [5.74, 6) is 1.50. The number of ketones is 1. The van der Waals surface area contributed by atoms with E-state index in [1.54, 1.807) is 49.6 Å². The summed E-state index contributed by atoms with van der Waals surface area (Å²) in [6, 6.07) is 11.8. The van der Waals surface area contributed by atoms with Gasteiger partial charge in [-0.1, -0.05) is 16.8 Å². The smallest absolute Gasteiger partial charge is 0.252 e. The predicted octanol–water partition coefficient (Wildman–Crippen LogP) is 3.81. The van der Waals surface area contributed by atoms with Gasteiger partial charge >= 0.3 is 0 Å². The molecule has 3 aromatic rings. The number of halogens is 1. The standard InChI is InChI=1S/C19H17ClN2O5/c1-24-11-18-21-19(22-27-18)13-5-8-16(17(9-13)25-2)26-10-15(23)12-3-6-14(20)7-4-12/h3-9H,10-11H2,1-2H3. The third kappa shape index (κ3) is 4.64. The van der Waals surface area contributed by atoms with Gasteiger partial charge in [0.05, 0.1) is 7.11 Å². The highest BCUT2D eigenvalue weighted by atomic mass is 35.5. The van der Waals surface area contributed by atoms with Crippen molar-refractivity contribution in [1.29, 1.82) is 0 Å². The summed E-state index contributed by atoms with van der Waals surface area (Å²) in [6.07, 6.45) is 0. The molecule has 0 aliphatic carbocycles. The van der Waals surface area contributed by atoms with E-state index >= 15 is 0 Å². The molecule has 0 spiro atoms. The van der Waals surface area contributed by atoms with Gasteiger partial charge in [-0.3, -0.25) is 4.79 Å². The third-order valence-corrected chi connectivity index (χ3v) is 3.93. The van der Waals surface area contributed by atoms with Crippen LogP contribution in [-0.4, -0.2) is 36.8 Å². The van der Waals surface area contributed by atoms with Gasteiger partial charge in [0.1, 0.15) is 6.61 Å². The predicted molar refractivity (Wildman–Crippen MR) is 98.3 cm³/mol. The number of nitrogens with zero attached hydrogens (tertiary/aromatic N) is 2.